The van der Waals surface area contributed by atoms with E-state index in [0.29, 0.717) is 34.2 Å². The molecule has 0 aromatic heterocycles. The number of hydrogen-bond acceptors (Lipinski definition) is 6. The van der Waals surface area contributed by atoms with E-state index in [1.165, 1.54) is 31.0 Å². The molecule has 0 heterocycles. The molecule has 0 radical (unpaired) electrons. The Kier molecular flexibility index (Phi) is 9.33. The van der Waals surface area contributed by atoms with Crippen molar-refractivity contribution in [3.05, 3.63) is 59.7 Å². The average Bonchev–Trinajstić information content (AvgIpc) is 2.85. The first-order valence-electron chi connectivity index (χ1n) is 11.0. The molecular weight excluding hydrogens is 438 g/mol. The summed E-state index contributed by atoms with van der Waals surface area (Å²) in [5.74, 6) is -0.598. The van der Waals surface area contributed by atoms with E-state index in [9.17, 15) is 14.4 Å². The number of nitriles is 1. The van der Waals surface area contributed by atoms with Crippen molar-refractivity contribution in [1.29, 1.82) is 5.26 Å². The van der Waals surface area contributed by atoms with Crippen LogP contribution in [0.1, 0.15) is 48.0 Å². The fraction of sp³-hybridized carbons (Fsp3) is 0.360. The standard InChI is InChI=1S/C25H27N3O4S/c26-14-19-9-6-10-20(13-19)28-24(30)17-33-22-12-5-4-11-21(22)25(31)32-16-23(29)27-15-18-7-2-1-3-8-18/h4-6,9-13,18H,1-3,7-8,15-17H2,(H,27,29)(H,28,30). The molecule has 1 aliphatic carbocycles. The lowest BCUT2D eigenvalue weighted by atomic mass is 9.89. The number of rotatable bonds is 9. The quantitative estimate of drug-likeness (QED) is 0.426. The van der Waals surface area contributed by atoms with Crippen LogP contribution in [-0.2, 0) is 14.3 Å². The van der Waals surface area contributed by atoms with Gasteiger partial charge in [0, 0.05) is 17.1 Å². The lowest BCUT2D eigenvalue weighted by molar-refractivity contribution is -0.124. The van der Waals surface area contributed by atoms with E-state index >= 15 is 0 Å². The topological polar surface area (TPSA) is 108 Å². The van der Waals surface area contributed by atoms with Crippen LogP contribution in [0.25, 0.3) is 0 Å². The highest BCUT2D eigenvalue weighted by molar-refractivity contribution is 8.00. The fourth-order valence-corrected chi connectivity index (χ4v) is 4.52. The monoisotopic (exact) mass is 465 g/mol. The van der Waals surface area contributed by atoms with Crippen LogP contribution in [0.2, 0.25) is 0 Å². The van der Waals surface area contributed by atoms with E-state index in [2.05, 4.69) is 10.6 Å². The number of benzene rings is 2. The number of carbonyl (C=O) groups excluding carboxylic acids is 3. The van der Waals surface area contributed by atoms with Crippen molar-refractivity contribution in [3.63, 3.8) is 0 Å². The third-order valence-electron chi connectivity index (χ3n) is 5.39. The van der Waals surface area contributed by atoms with Gasteiger partial charge in [-0.05, 0) is 49.1 Å². The Hall–Kier alpha value is -3.31. The second-order valence-corrected chi connectivity index (χ2v) is 8.93. The van der Waals surface area contributed by atoms with Gasteiger partial charge in [-0.25, -0.2) is 4.79 Å². The summed E-state index contributed by atoms with van der Waals surface area (Å²) in [4.78, 5) is 37.5. The van der Waals surface area contributed by atoms with E-state index in [1.54, 1.807) is 48.5 Å². The van der Waals surface area contributed by atoms with Crippen molar-refractivity contribution in [2.75, 3.05) is 24.2 Å². The number of thioether (sulfide) groups is 1. The largest absolute Gasteiger partial charge is 0.452 e. The Balaban J connectivity index is 1.47. The summed E-state index contributed by atoms with van der Waals surface area (Å²) in [6.07, 6.45) is 5.92. The van der Waals surface area contributed by atoms with E-state index in [0.717, 1.165) is 12.8 Å². The minimum absolute atomic E-state index is 0.0724. The van der Waals surface area contributed by atoms with Crippen molar-refractivity contribution >= 4 is 35.2 Å². The van der Waals surface area contributed by atoms with E-state index < -0.39 is 5.97 Å². The lowest BCUT2D eigenvalue weighted by Crippen LogP contribution is -2.33. The van der Waals surface area contributed by atoms with Crippen LogP contribution < -0.4 is 10.6 Å². The van der Waals surface area contributed by atoms with Gasteiger partial charge in [-0.1, -0.05) is 37.5 Å². The Bertz CT molecular complexity index is 1030. The summed E-state index contributed by atoms with van der Waals surface area (Å²) in [6, 6.07) is 15.5. The molecule has 8 heteroatoms. The number of anilines is 1. The molecule has 2 N–H and O–H groups in total. The van der Waals surface area contributed by atoms with E-state index in [4.69, 9.17) is 10.00 Å². The summed E-state index contributed by atoms with van der Waals surface area (Å²) < 4.78 is 5.20. The molecule has 2 aromatic rings. The molecular formula is C25H27N3O4S. The number of hydrogen-bond donors (Lipinski definition) is 2. The predicted molar refractivity (Wildman–Crippen MR) is 127 cm³/mol. The summed E-state index contributed by atoms with van der Waals surface area (Å²) in [6.45, 7) is 0.287. The van der Waals surface area contributed by atoms with Gasteiger partial charge in [-0.2, -0.15) is 5.26 Å². The SMILES string of the molecule is N#Cc1cccc(NC(=O)CSc2ccccc2C(=O)OCC(=O)NCC2CCCCC2)c1. The number of ether oxygens (including phenoxy) is 1. The molecule has 7 nitrogen and oxygen atoms in total. The van der Waals surface area contributed by atoms with Gasteiger partial charge in [-0.3, -0.25) is 9.59 Å². The molecule has 1 saturated carbocycles. The summed E-state index contributed by atoms with van der Waals surface area (Å²) >= 11 is 1.20. The second-order valence-electron chi connectivity index (χ2n) is 7.91. The first kappa shape index (κ1) is 24.3. The molecule has 0 unspecified atom stereocenters. The van der Waals surface area contributed by atoms with Gasteiger partial charge in [0.15, 0.2) is 6.61 Å². The Morgan fingerprint density at radius 3 is 2.61 bits per heavy atom. The van der Waals surface area contributed by atoms with Crippen molar-refractivity contribution in [2.24, 2.45) is 5.92 Å². The minimum Gasteiger partial charge on any atom is -0.452 e. The van der Waals surface area contributed by atoms with Crippen molar-refractivity contribution in [1.82, 2.24) is 5.32 Å². The van der Waals surface area contributed by atoms with Crippen LogP contribution >= 0.6 is 11.8 Å². The molecule has 0 spiro atoms. The van der Waals surface area contributed by atoms with Gasteiger partial charge in [0.05, 0.1) is 22.9 Å². The first-order chi connectivity index (χ1) is 16.0. The second kappa shape index (κ2) is 12.7. The molecule has 2 aromatic carbocycles. The van der Waals surface area contributed by atoms with Crippen LogP contribution in [0, 0.1) is 17.2 Å². The summed E-state index contributed by atoms with van der Waals surface area (Å²) in [7, 11) is 0. The highest BCUT2D eigenvalue weighted by Gasteiger charge is 2.17. The van der Waals surface area contributed by atoms with Crippen molar-refractivity contribution < 1.29 is 19.1 Å². The van der Waals surface area contributed by atoms with Crippen LogP contribution in [0.3, 0.4) is 0 Å². The molecule has 2 amide bonds. The fourth-order valence-electron chi connectivity index (χ4n) is 3.68. The maximum Gasteiger partial charge on any atom is 0.339 e. The molecule has 1 fully saturated rings. The summed E-state index contributed by atoms with van der Waals surface area (Å²) in [5.41, 5.74) is 1.30. The Morgan fingerprint density at radius 2 is 1.82 bits per heavy atom. The highest BCUT2D eigenvalue weighted by Crippen LogP contribution is 2.24. The van der Waals surface area contributed by atoms with Gasteiger partial charge < -0.3 is 15.4 Å². The van der Waals surface area contributed by atoms with Crippen molar-refractivity contribution in [3.8, 4) is 6.07 Å². The van der Waals surface area contributed by atoms with Crippen LogP contribution in [0.5, 0.6) is 0 Å². The smallest absolute Gasteiger partial charge is 0.339 e. The van der Waals surface area contributed by atoms with Crippen molar-refractivity contribution in [2.45, 2.75) is 37.0 Å². The molecule has 0 atom stereocenters. The third-order valence-corrected chi connectivity index (χ3v) is 6.46. The van der Waals surface area contributed by atoms with Crippen LogP contribution in [0.15, 0.2) is 53.4 Å². The maximum absolute atomic E-state index is 12.5. The Labute approximate surface area is 197 Å². The third kappa shape index (κ3) is 7.95. The molecule has 33 heavy (non-hydrogen) atoms. The molecule has 0 aliphatic heterocycles. The molecule has 3 rings (SSSR count). The Morgan fingerprint density at radius 1 is 1.03 bits per heavy atom. The minimum atomic E-state index is -0.604. The lowest BCUT2D eigenvalue weighted by Gasteiger charge is -2.21. The van der Waals surface area contributed by atoms with Gasteiger partial charge >= 0.3 is 5.97 Å². The zero-order valence-corrected chi connectivity index (χ0v) is 19.2. The van der Waals surface area contributed by atoms with Crippen LogP contribution in [0.4, 0.5) is 5.69 Å². The van der Waals surface area contributed by atoms with Crippen LogP contribution in [-0.4, -0.2) is 36.7 Å². The highest BCUT2D eigenvalue weighted by atomic mass is 32.2. The number of carbonyl (C=O) groups is 3. The number of nitrogens with zero attached hydrogens (tertiary/aromatic N) is 1. The zero-order valence-electron chi connectivity index (χ0n) is 18.3. The summed E-state index contributed by atoms with van der Waals surface area (Å²) in [5, 5.41) is 14.6. The molecule has 0 bridgehead atoms. The number of esters is 1. The normalized spacial score (nSPS) is 13.5. The molecule has 172 valence electrons. The molecule has 0 saturated heterocycles. The first-order valence-corrected chi connectivity index (χ1v) is 12.0. The van der Waals surface area contributed by atoms with Gasteiger partial charge in [0.1, 0.15) is 0 Å². The van der Waals surface area contributed by atoms with Gasteiger partial charge in [0.25, 0.3) is 5.91 Å². The number of amides is 2. The number of nitrogens with one attached hydrogen (secondary N) is 2. The van der Waals surface area contributed by atoms with Gasteiger partial charge in [0.2, 0.25) is 5.91 Å². The average molecular weight is 466 g/mol. The predicted octanol–water partition coefficient (Wildman–Crippen LogP) is 4.14. The van der Waals surface area contributed by atoms with E-state index in [1.807, 2.05) is 6.07 Å². The zero-order chi connectivity index (χ0) is 23.5. The van der Waals surface area contributed by atoms with Gasteiger partial charge in [-0.15, -0.1) is 11.8 Å². The maximum atomic E-state index is 12.5. The van der Waals surface area contributed by atoms with E-state index in [-0.39, 0.29) is 24.2 Å². The molecule has 1 aliphatic rings.